The van der Waals surface area contributed by atoms with E-state index in [-0.39, 0.29) is 11.5 Å². The second kappa shape index (κ2) is 6.94. The maximum atomic E-state index is 12.1. The van der Waals surface area contributed by atoms with Gasteiger partial charge in [-0.3, -0.25) is 4.79 Å². The SMILES string of the molecule is Cc1ccc2ccc(OCC(=O)NS(=O)(=O)c3ccccc3)cc2c1. The third-order valence-corrected chi connectivity index (χ3v) is 5.03. The van der Waals surface area contributed by atoms with E-state index >= 15 is 0 Å². The van der Waals surface area contributed by atoms with E-state index in [0.29, 0.717) is 5.75 Å². The summed E-state index contributed by atoms with van der Waals surface area (Å²) in [6.07, 6.45) is 0. The summed E-state index contributed by atoms with van der Waals surface area (Å²) in [6, 6.07) is 19.2. The molecule has 3 aromatic carbocycles. The lowest BCUT2D eigenvalue weighted by Gasteiger charge is -2.09. The fourth-order valence-corrected chi connectivity index (χ4v) is 3.41. The summed E-state index contributed by atoms with van der Waals surface area (Å²) in [4.78, 5) is 11.9. The molecule has 0 aliphatic carbocycles. The minimum absolute atomic E-state index is 0.0320. The van der Waals surface area contributed by atoms with Gasteiger partial charge in [-0.1, -0.05) is 48.0 Å². The van der Waals surface area contributed by atoms with Crippen LogP contribution in [0, 0.1) is 6.92 Å². The average molecular weight is 355 g/mol. The van der Waals surface area contributed by atoms with Gasteiger partial charge >= 0.3 is 0 Å². The third kappa shape index (κ3) is 4.16. The van der Waals surface area contributed by atoms with Crippen LogP contribution in [0.15, 0.2) is 71.6 Å². The highest BCUT2D eigenvalue weighted by molar-refractivity contribution is 7.90. The maximum Gasteiger partial charge on any atom is 0.271 e. The Balaban J connectivity index is 1.66. The number of carbonyl (C=O) groups excluding carboxylic acids is 1. The lowest BCUT2D eigenvalue weighted by atomic mass is 10.1. The molecule has 0 spiro atoms. The molecule has 0 atom stereocenters. The van der Waals surface area contributed by atoms with Gasteiger partial charge < -0.3 is 4.74 Å². The Morgan fingerprint density at radius 3 is 2.44 bits per heavy atom. The van der Waals surface area contributed by atoms with Crippen LogP contribution in [0.1, 0.15) is 5.56 Å². The number of hydrogen-bond donors (Lipinski definition) is 1. The lowest BCUT2D eigenvalue weighted by molar-refractivity contribution is -0.121. The van der Waals surface area contributed by atoms with Crippen LogP contribution in [0.4, 0.5) is 0 Å². The summed E-state index contributed by atoms with van der Waals surface area (Å²) < 4.78 is 31.6. The zero-order valence-corrected chi connectivity index (χ0v) is 14.4. The van der Waals surface area contributed by atoms with E-state index in [1.54, 1.807) is 24.3 Å². The predicted octanol–water partition coefficient (Wildman–Crippen LogP) is 3.03. The summed E-state index contributed by atoms with van der Waals surface area (Å²) in [5.41, 5.74) is 1.12. The first-order valence-electron chi connectivity index (χ1n) is 7.68. The van der Waals surface area contributed by atoms with E-state index in [0.717, 1.165) is 16.3 Å². The Morgan fingerprint density at radius 2 is 1.68 bits per heavy atom. The van der Waals surface area contributed by atoms with Crippen LogP contribution in [-0.2, 0) is 14.8 Å². The Labute approximate surface area is 146 Å². The molecule has 0 saturated carbocycles. The molecule has 128 valence electrons. The largest absolute Gasteiger partial charge is 0.484 e. The molecule has 0 heterocycles. The van der Waals surface area contributed by atoms with Gasteiger partial charge in [0.1, 0.15) is 5.75 Å². The Kier molecular flexibility index (Phi) is 4.72. The highest BCUT2D eigenvalue weighted by atomic mass is 32.2. The average Bonchev–Trinajstić information content (AvgIpc) is 2.60. The molecule has 6 heteroatoms. The fourth-order valence-electron chi connectivity index (χ4n) is 2.42. The van der Waals surface area contributed by atoms with Gasteiger partial charge in [0.2, 0.25) is 0 Å². The zero-order valence-electron chi connectivity index (χ0n) is 13.6. The van der Waals surface area contributed by atoms with Gasteiger partial charge in [-0.15, -0.1) is 0 Å². The number of carbonyl (C=O) groups is 1. The molecule has 0 aliphatic rings. The molecule has 0 saturated heterocycles. The fraction of sp³-hybridized carbons (Fsp3) is 0.105. The van der Waals surface area contributed by atoms with Crippen LogP contribution in [0.3, 0.4) is 0 Å². The summed E-state index contributed by atoms with van der Waals surface area (Å²) >= 11 is 0. The van der Waals surface area contributed by atoms with Crippen LogP contribution >= 0.6 is 0 Å². The van der Waals surface area contributed by atoms with E-state index in [1.165, 1.54) is 12.1 Å². The second-order valence-electron chi connectivity index (χ2n) is 5.64. The van der Waals surface area contributed by atoms with Crippen molar-refractivity contribution in [1.82, 2.24) is 4.72 Å². The maximum absolute atomic E-state index is 12.1. The van der Waals surface area contributed by atoms with Gasteiger partial charge in [0.05, 0.1) is 4.90 Å². The summed E-state index contributed by atoms with van der Waals surface area (Å²) in [6.45, 7) is 1.61. The first-order chi connectivity index (χ1) is 11.9. The number of benzene rings is 3. The first kappa shape index (κ1) is 17.0. The molecule has 0 fully saturated rings. The van der Waals surface area contributed by atoms with Gasteiger partial charge in [-0.2, -0.15) is 0 Å². The molecule has 0 unspecified atom stereocenters. The Bertz CT molecular complexity index is 1010. The number of sulfonamides is 1. The van der Waals surface area contributed by atoms with Crippen molar-refractivity contribution in [3.8, 4) is 5.75 Å². The standard InChI is InChI=1S/C19H17NO4S/c1-14-7-8-15-9-10-17(12-16(15)11-14)24-13-19(21)20-25(22,23)18-5-3-2-4-6-18/h2-12H,13H2,1H3,(H,20,21). The zero-order chi connectivity index (χ0) is 17.9. The Morgan fingerprint density at radius 1 is 0.960 bits per heavy atom. The van der Waals surface area contributed by atoms with E-state index < -0.39 is 15.9 Å². The predicted molar refractivity (Wildman–Crippen MR) is 96.0 cm³/mol. The number of rotatable bonds is 5. The van der Waals surface area contributed by atoms with Gasteiger partial charge in [-0.25, -0.2) is 13.1 Å². The van der Waals surface area contributed by atoms with Crippen molar-refractivity contribution in [2.75, 3.05) is 6.61 Å². The van der Waals surface area contributed by atoms with Crippen LogP contribution in [0.2, 0.25) is 0 Å². The van der Waals surface area contributed by atoms with Crippen LogP contribution < -0.4 is 9.46 Å². The van der Waals surface area contributed by atoms with Gasteiger partial charge in [-0.05, 0) is 42.0 Å². The quantitative estimate of drug-likeness (QED) is 0.763. The van der Waals surface area contributed by atoms with Gasteiger partial charge in [0, 0.05) is 0 Å². The third-order valence-electron chi connectivity index (χ3n) is 3.64. The van der Waals surface area contributed by atoms with Crippen molar-refractivity contribution >= 4 is 26.7 Å². The smallest absolute Gasteiger partial charge is 0.271 e. The number of aryl methyl sites for hydroxylation is 1. The van der Waals surface area contributed by atoms with Crippen molar-refractivity contribution < 1.29 is 17.9 Å². The molecule has 1 amide bonds. The molecule has 0 radical (unpaired) electrons. The molecule has 0 bridgehead atoms. The van der Waals surface area contributed by atoms with Gasteiger partial charge in [0.15, 0.2) is 6.61 Å². The molecular weight excluding hydrogens is 338 g/mol. The van der Waals surface area contributed by atoms with Crippen molar-refractivity contribution in [3.05, 3.63) is 72.3 Å². The van der Waals surface area contributed by atoms with E-state index in [4.69, 9.17) is 4.74 Å². The normalized spacial score (nSPS) is 11.2. The molecule has 1 N–H and O–H groups in total. The van der Waals surface area contributed by atoms with E-state index in [2.05, 4.69) is 0 Å². The highest BCUT2D eigenvalue weighted by Gasteiger charge is 2.17. The monoisotopic (exact) mass is 355 g/mol. The molecule has 25 heavy (non-hydrogen) atoms. The summed E-state index contributed by atoms with van der Waals surface area (Å²) in [5, 5.41) is 2.06. The second-order valence-corrected chi connectivity index (χ2v) is 7.33. The summed E-state index contributed by atoms with van der Waals surface area (Å²) in [7, 11) is -3.88. The van der Waals surface area contributed by atoms with E-state index in [9.17, 15) is 13.2 Å². The molecule has 5 nitrogen and oxygen atoms in total. The van der Waals surface area contributed by atoms with Crippen LogP contribution in [-0.4, -0.2) is 20.9 Å². The van der Waals surface area contributed by atoms with Gasteiger partial charge in [0.25, 0.3) is 15.9 Å². The minimum Gasteiger partial charge on any atom is -0.484 e. The van der Waals surface area contributed by atoms with E-state index in [1.807, 2.05) is 42.0 Å². The van der Waals surface area contributed by atoms with Crippen LogP contribution in [0.25, 0.3) is 10.8 Å². The molecular formula is C19H17NO4S. The van der Waals surface area contributed by atoms with Crippen molar-refractivity contribution in [2.45, 2.75) is 11.8 Å². The number of fused-ring (bicyclic) bond motifs is 1. The topological polar surface area (TPSA) is 72.5 Å². The number of amides is 1. The minimum atomic E-state index is -3.88. The molecule has 0 aromatic heterocycles. The summed E-state index contributed by atoms with van der Waals surface area (Å²) in [5.74, 6) is -0.224. The lowest BCUT2D eigenvalue weighted by Crippen LogP contribution is -2.34. The molecule has 0 aliphatic heterocycles. The Hall–Kier alpha value is -2.86. The number of ether oxygens (including phenoxy) is 1. The van der Waals surface area contributed by atoms with Crippen LogP contribution in [0.5, 0.6) is 5.75 Å². The highest BCUT2D eigenvalue weighted by Crippen LogP contribution is 2.22. The van der Waals surface area contributed by atoms with Crippen molar-refractivity contribution in [3.63, 3.8) is 0 Å². The number of hydrogen-bond acceptors (Lipinski definition) is 4. The number of nitrogens with one attached hydrogen (secondary N) is 1. The molecule has 3 rings (SSSR count). The van der Waals surface area contributed by atoms with Crippen molar-refractivity contribution in [1.29, 1.82) is 0 Å². The molecule has 3 aromatic rings. The first-order valence-corrected chi connectivity index (χ1v) is 9.16. The van der Waals surface area contributed by atoms with Crippen molar-refractivity contribution in [2.24, 2.45) is 0 Å².